The summed E-state index contributed by atoms with van der Waals surface area (Å²) in [6, 6.07) is 20.8. The zero-order valence-electron chi connectivity index (χ0n) is 21.6. The molecule has 4 aromatic rings. The van der Waals surface area contributed by atoms with E-state index >= 15 is 0 Å². The molecular formula is C30H26F2N2O6. The molecule has 8 nitrogen and oxygen atoms in total. The van der Waals surface area contributed by atoms with Crippen LogP contribution in [0.2, 0.25) is 0 Å². The normalized spacial score (nSPS) is 11.3. The summed E-state index contributed by atoms with van der Waals surface area (Å²) < 4.78 is 44.0. The molecule has 0 radical (unpaired) electrons. The van der Waals surface area contributed by atoms with Crippen molar-refractivity contribution in [3.8, 4) is 11.5 Å². The maximum absolute atomic E-state index is 14.1. The van der Waals surface area contributed by atoms with Gasteiger partial charge < -0.3 is 30.0 Å². The van der Waals surface area contributed by atoms with E-state index in [1.165, 1.54) is 38.5 Å². The minimum atomic E-state index is -1.04. The highest BCUT2D eigenvalue weighted by molar-refractivity contribution is 6.01. The number of hydrogen-bond acceptors (Lipinski definition) is 6. The van der Waals surface area contributed by atoms with E-state index in [2.05, 4.69) is 10.6 Å². The Morgan fingerprint density at radius 3 is 2.10 bits per heavy atom. The first-order valence-corrected chi connectivity index (χ1v) is 12.1. The Labute approximate surface area is 229 Å². The van der Waals surface area contributed by atoms with Gasteiger partial charge in [0.1, 0.15) is 23.2 Å². The lowest BCUT2D eigenvalue weighted by Gasteiger charge is -2.22. The van der Waals surface area contributed by atoms with Gasteiger partial charge in [0.25, 0.3) is 0 Å². The number of carbonyl (C=O) groups is 2. The summed E-state index contributed by atoms with van der Waals surface area (Å²) in [4.78, 5) is 25.3. The molecule has 4 rings (SSSR count). The molecule has 0 saturated carbocycles. The number of aliphatic hydroxyl groups excluding tert-OH is 1. The van der Waals surface area contributed by atoms with Gasteiger partial charge in [-0.3, -0.25) is 0 Å². The lowest BCUT2D eigenvalue weighted by atomic mass is 10.0. The van der Waals surface area contributed by atoms with Crippen LogP contribution in [0.4, 0.5) is 25.0 Å². The number of nitrogens with one attached hydrogen (secondary N) is 2. The van der Waals surface area contributed by atoms with E-state index in [1.54, 1.807) is 48.5 Å². The van der Waals surface area contributed by atoms with E-state index in [9.17, 15) is 23.5 Å². The third kappa shape index (κ3) is 6.54. The molecular weight excluding hydrogens is 522 g/mol. The van der Waals surface area contributed by atoms with Gasteiger partial charge in [-0.1, -0.05) is 36.4 Å². The van der Waals surface area contributed by atoms with Crippen LogP contribution in [0, 0.1) is 11.6 Å². The van der Waals surface area contributed by atoms with Gasteiger partial charge in [-0.25, -0.2) is 18.4 Å². The molecule has 0 aliphatic rings. The number of carbonyl (C=O) groups excluding carboxylic acids is 2. The predicted molar refractivity (Wildman–Crippen MR) is 145 cm³/mol. The molecule has 0 saturated heterocycles. The monoisotopic (exact) mass is 548 g/mol. The fourth-order valence-corrected chi connectivity index (χ4v) is 4.01. The number of hydrogen-bond donors (Lipinski definition) is 3. The topological polar surface area (TPSA) is 106 Å². The fourth-order valence-electron chi connectivity index (χ4n) is 4.01. The first-order chi connectivity index (χ1) is 19.3. The van der Waals surface area contributed by atoms with Crippen molar-refractivity contribution in [1.29, 1.82) is 0 Å². The summed E-state index contributed by atoms with van der Waals surface area (Å²) in [6.07, 6.45) is -0.891. The fraction of sp³-hybridized carbons (Fsp3) is 0.133. The van der Waals surface area contributed by atoms with Crippen LogP contribution in [0.5, 0.6) is 11.5 Å². The smallest absolute Gasteiger partial charge is 0.341 e. The Balaban J connectivity index is 1.61. The molecule has 1 unspecified atom stereocenters. The van der Waals surface area contributed by atoms with E-state index in [-0.39, 0.29) is 23.6 Å². The molecule has 0 aromatic heterocycles. The van der Waals surface area contributed by atoms with Crippen molar-refractivity contribution in [1.82, 2.24) is 0 Å². The van der Waals surface area contributed by atoms with E-state index in [4.69, 9.17) is 14.2 Å². The van der Waals surface area contributed by atoms with Crippen LogP contribution in [0.3, 0.4) is 0 Å². The van der Waals surface area contributed by atoms with Crippen LogP contribution in [0.25, 0.3) is 0 Å². The van der Waals surface area contributed by atoms with E-state index < -0.39 is 29.7 Å². The van der Waals surface area contributed by atoms with Gasteiger partial charge in [-0.15, -0.1) is 0 Å². The Hall–Kier alpha value is -4.96. The van der Waals surface area contributed by atoms with Gasteiger partial charge in [-0.2, -0.15) is 0 Å². The maximum Gasteiger partial charge on any atom is 0.341 e. The minimum Gasteiger partial charge on any atom is -0.496 e. The van der Waals surface area contributed by atoms with Crippen molar-refractivity contribution in [3.05, 3.63) is 119 Å². The highest BCUT2D eigenvalue weighted by Gasteiger charge is 2.22. The number of ether oxygens (including phenoxy) is 3. The number of halogens is 2. The van der Waals surface area contributed by atoms with Crippen molar-refractivity contribution in [2.24, 2.45) is 0 Å². The molecule has 40 heavy (non-hydrogen) atoms. The van der Waals surface area contributed by atoms with Crippen LogP contribution in [-0.2, 0) is 11.3 Å². The number of esters is 1. The van der Waals surface area contributed by atoms with Gasteiger partial charge in [0.2, 0.25) is 0 Å². The molecule has 1 atom stereocenters. The summed E-state index contributed by atoms with van der Waals surface area (Å²) in [7, 11) is 2.67. The van der Waals surface area contributed by atoms with Gasteiger partial charge >= 0.3 is 12.0 Å². The lowest BCUT2D eigenvalue weighted by Crippen LogP contribution is -2.20. The van der Waals surface area contributed by atoms with Gasteiger partial charge in [0.05, 0.1) is 20.8 Å². The molecule has 0 aliphatic heterocycles. The predicted octanol–water partition coefficient (Wildman–Crippen LogP) is 6.06. The molecule has 206 valence electrons. The molecule has 10 heteroatoms. The van der Waals surface area contributed by atoms with Crippen LogP contribution < -0.4 is 20.1 Å². The molecule has 0 bridgehead atoms. The van der Waals surface area contributed by atoms with Crippen LogP contribution in [0.1, 0.15) is 33.2 Å². The quantitative estimate of drug-likeness (QED) is 0.220. The van der Waals surface area contributed by atoms with E-state index in [0.29, 0.717) is 28.1 Å². The van der Waals surface area contributed by atoms with Gasteiger partial charge in [-0.05, 0) is 59.7 Å². The third-order valence-electron chi connectivity index (χ3n) is 5.94. The largest absolute Gasteiger partial charge is 0.496 e. The molecule has 2 amide bonds. The SMILES string of the molecule is COC(=O)c1cc(NC(=O)Nc2ccc(OC)c(CO)c2)ccc1OC(c1ccccc1)c1ccc(F)c(F)c1. The van der Waals surface area contributed by atoms with E-state index in [0.717, 1.165) is 12.1 Å². The summed E-state index contributed by atoms with van der Waals surface area (Å²) in [5.41, 5.74) is 2.11. The summed E-state index contributed by atoms with van der Waals surface area (Å²) in [6.45, 7) is -0.279. The number of benzene rings is 4. The standard InChI is InChI=1S/C30H26F2N2O6/c1-38-26-12-9-21(14-20(26)17-35)33-30(37)34-22-10-13-27(23(16-22)29(36)39-2)40-28(18-6-4-3-5-7-18)19-8-11-24(31)25(32)15-19/h3-16,28,35H,17H2,1-2H3,(H2,33,34,37). The molecule has 3 N–H and O–H groups in total. The molecule has 0 heterocycles. The maximum atomic E-state index is 14.1. The first-order valence-electron chi connectivity index (χ1n) is 12.1. The number of rotatable bonds is 9. The zero-order chi connectivity index (χ0) is 28.6. The summed E-state index contributed by atoms with van der Waals surface area (Å²) in [5.74, 6) is -2.20. The van der Waals surface area contributed by atoms with Crippen LogP contribution in [-0.4, -0.2) is 31.3 Å². The molecule has 0 aliphatic carbocycles. The van der Waals surface area contributed by atoms with Crippen LogP contribution in [0.15, 0.2) is 84.9 Å². The van der Waals surface area contributed by atoms with Gasteiger partial charge in [0.15, 0.2) is 11.6 Å². The Morgan fingerprint density at radius 2 is 1.48 bits per heavy atom. The van der Waals surface area contributed by atoms with Crippen molar-refractivity contribution in [3.63, 3.8) is 0 Å². The van der Waals surface area contributed by atoms with Crippen molar-refractivity contribution < 1.29 is 37.7 Å². The summed E-state index contributed by atoms with van der Waals surface area (Å²) >= 11 is 0. The average molecular weight is 549 g/mol. The second kappa shape index (κ2) is 12.7. The second-order valence-electron chi connectivity index (χ2n) is 8.55. The Morgan fingerprint density at radius 1 is 0.800 bits per heavy atom. The number of anilines is 2. The highest BCUT2D eigenvalue weighted by Crippen LogP contribution is 2.33. The number of methoxy groups -OCH3 is 2. The number of aliphatic hydroxyl groups is 1. The number of urea groups is 1. The average Bonchev–Trinajstić information content (AvgIpc) is 2.97. The highest BCUT2D eigenvalue weighted by atomic mass is 19.2. The van der Waals surface area contributed by atoms with Gasteiger partial charge in [0, 0.05) is 16.9 Å². The van der Waals surface area contributed by atoms with Crippen LogP contribution >= 0.6 is 0 Å². The molecule has 0 spiro atoms. The Kier molecular flexibility index (Phi) is 8.93. The summed E-state index contributed by atoms with van der Waals surface area (Å²) in [5, 5.41) is 14.8. The second-order valence-corrected chi connectivity index (χ2v) is 8.55. The molecule has 4 aromatic carbocycles. The van der Waals surface area contributed by atoms with Crippen molar-refractivity contribution >= 4 is 23.4 Å². The Bertz CT molecular complexity index is 1510. The van der Waals surface area contributed by atoms with Crippen molar-refractivity contribution in [2.45, 2.75) is 12.7 Å². The number of amides is 2. The van der Waals surface area contributed by atoms with E-state index in [1.807, 2.05) is 0 Å². The minimum absolute atomic E-state index is 0.00386. The third-order valence-corrected chi connectivity index (χ3v) is 5.94. The zero-order valence-corrected chi connectivity index (χ0v) is 21.6. The molecule has 0 fully saturated rings. The van der Waals surface area contributed by atoms with Crippen molar-refractivity contribution in [2.75, 3.05) is 24.9 Å². The lowest BCUT2D eigenvalue weighted by molar-refractivity contribution is 0.0594. The first kappa shape index (κ1) is 28.1.